The molecular weight excluding hydrogens is 266 g/mol. The van der Waals surface area contributed by atoms with E-state index < -0.39 is 0 Å². The van der Waals surface area contributed by atoms with Gasteiger partial charge in [-0.1, -0.05) is 12.1 Å². The van der Waals surface area contributed by atoms with Crippen LogP contribution >= 0.6 is 0 Å². The standard InChI is InChI=1S/C15H9N5O/c1-19-6-7-20-14-12(13(21)9(8-16)15(19)20)17-10-4-2-3-5-11(10)18-14/h2-7H,1H3/p+1. The number of hydrogen-bond acceptors (Lipinski definition) is 3. The van der Waals surface area contributed by atoms with Crippen molar-refractivity contribution in [2.45, 2.75) is 0 Å². The Balaban J connectivity index is 2.38. The van der Waals surface area contributed by atoms with Crippen LogP contribution in [0.5, 0.6) is 0 Å². The molecule has 1 N–H and O–H groups in total. The van der Waals surface area contributed by atoms with Crippen LogP contribution in [0.2, 0.25) is 0 Å². The zero-order chi connectivity index (χ0) is 14.6. The summed E-state index contributed by atoms with van der Waals surface area (Å²) in [6, 6.07) is 9.49. The van der Waals surface area contributed by atoms with Crippen molar-refractivity contribution in [3.05, 3.63) is 52.4 Å². The maximum absolute atomic E-state index is 12.5. The van der Waals surface area contributed by atoms with Gasteiger partial charge in [0.05, 0.1) is 0 Å². The monoisotopic (exact) mass is 276 g/mol. The van der Waals surface area contributed by atoms with Gasteiger partial charge in [-0.2, -0.15) is 9.66 Å². The van der Waals surface area contributed by atoms with Gasteiger partial charge in [0.2, 0.25) is 16.6 Å². The summed E-state index contributed by atoms with van der Waals surface area (Å²) in [5.41, 5.74) is 2.71. The van der Waals surface area contributed by atoms with Crippen LogP contribution in [0.4, 0.5) is 0 Å². The molecule has 0 fully saturated rings. The van der Waals surface area contributed by atoms with E-state index >= 15 is 0 Å². The zero-order valence-electron chi connectivity index (χ0n) is 11.2. The highest BCUT2D eigenvalue weighted by atomic mass is 16.1. The number of benzene rings is 1. The number of aromatic nitrogens is 4. The van der Waals surface area contributed by atoms with Crippen LogP contribution < -0.4 is 10.4 Å². The number of rotatable bonds is 0. The lowest BCUT2D eigenvalue weighted by Gasteiger charge is -2.00. The molecule has 0 spiro atoms. The summed E-state index contributed by atoms with van der Waals surface area (Å²) in [5, 5.41) is 9.32. The van der Waals surface area contributed by atoms with E-state index in [0.717, 1.165) is 5.52 Å². The summed E-state index contributed by atoms with van der Waals surface area (Å²) < 4.78 is 3.54. The number of aryl methyl sites for hydroxylation is 1. The summed E-state index contributed by atoms with van der Waals surface area (Å²) in [4.78, 5) is 20.2. The van der Waals surface area contributed by atoms with Gasteiger partial charge < -0.3 is 4.57 Å². The van der Waals surface area contributed by atoms with Crippen molar-refractivity contribution in [2.24, 2.45) is 7.05 Å². The van der Waals surface area contributed by atoms with E-state index in [1.54, 1.807) is 22.2 Å². The normalized spacial score (nSPS) is 11.2. The number of fused-ring (bicyclic) bond motifs is 4. The number of aromatic amines is 1. The Morgan fingerprint density at radius 2 is 2.10 bits per heavy atom. The van der Waals surface area contributed by atoms with E-state index in [0.29, 0.717) is 16.8 Å². The molecule has 4 rings (SSSR count). The second kappa shape index (κ2) is 3.90. The third-order valence-corrected chi connectivity index (χ3v) is 3.63. The highest BCUT2D eigenvalue weighted by Gasteiger charge is 2.22. The van der Waals surface area contributed by atoms with E-state index in [2.05, 4.69) is 9.97 Å². The van der Waals surface area contributed by atoms with Crippen LogP contribution in [-0.2, 0) is 7.05 Å². The molecule has 0 saturated heterocycles. The molecule has 6 nitrogen and oxygen atoms in total. The van der Waals surface area contributed by atoms with Crippen molar-refractivity contribution in [1.82, 2.24) is 14.0 Å². The first-order valence-electron chi connectivity index (χ1n) is 6.42. The molecule has 21 heavy (non-hydrogen) atoms. The van der Waals surface area contributed by atoms with Gasteiger partial charge in [0.25, 0.3) is 0 Å². The SMILES string of the molecule is Cn1ccn2c3[nH+]c4ccccc4nc3c(=O)c(C#N)c12. The zero-order valence-corrected chi connectivity index (χ0v) is 11.2. The smallest absolute Gasteiger partial charge is 0.314 e. The minimum atomic E-state index is -0.351. The van der Waals surface area contributed by atoms with Gasteiger partial charge in [-0.15, -0.1) is 0 Å². The fourth-order valence-corrected chi connectivity index (χ4v) is 2.65. The first-order valence-corrected chi connectivity index (χ1v) is 6.42. The van der Waals surface area contributed by atoms with Crippen molar-refractivity contribution >= 4 is 27.8 Å². The molecule has 4 aromatic rings. The number of pyridine rings is 1. The third kappa shape index (κ3) is 1.43. The number of hydrogen-bond donors (Lipinski definition) is 0. The fraction of sp³-hybridized carbons (Fsp3) is 0.0667. The van der Waals surface area contributed by atoms with E-state index in [1.165, 1.54) is 0 Å². The van der Waals surface area contributed by atoms with Crippen LogP contribution in [0.1, 0.15) is 5.56 Å². The van der Waals surface area contributed by atoms with Gasteiger partial charge >= 0.3 is 5.65 Å². The molecule has 0 unspecified atom stereocenters. The summed E-state index contributed by atoms with van der Waals surface area (Å²) in [5.74, 6) is 0. The number of H-pyrrole nitrogens is 1. The van der Waals surface area contributed by atoms with Crippen LogP contribution in [0.15, 0.2) is 41.5 Å². The van der Waals surface area contributed by atoms with E-state index in [1.807, 2.05) is 36.5 Å². The summed E-state index contributed by atoms with van der Waals surface area (Å²) in [6.07, 6.45) is 3.61. The van der Waals surface area contributed by atoms with Crippen molar-refractivity contribution < 1.29 is 4.98 Å². The topological polar surface area (TPSA) is 77.2 Å². The maximum Gasteiger partial charge on any atom is 0.316 e. The number of para-hydroxylation sites is 2. The highest BCUT2D eigenvalue weighted by molar-refractivity contribution is 5.82. The quantitative estimate of drug-likeness (QED) is 0.450. The average molecular weight is 276 g/mol. The highest BCUT2D eigenvalue weighted by Crippen LogP contribution is 2.15. The van der Waals surface area contributed by atoms with Crippen molar-refractivity contribution in [2.75, 3.05) is 0 Å². The Kier molecular flexibility index (Phi) is 2.16. The minimum absolute atomic E-state index is 0.103. The van der Waals surface area contributed by atoms with E-state index in [-0.39, 0.29) is 16.5 Å². The Bertz CT molecular complexity index is 1130. The Morgan fingerprint density at radius 3 is 2.90 bits per heavy atom. The molecule has 0 aliphatic rings. The Morgan fingerprint density at radius 1 is 1.29 bits per heavy atom. The molecule has 1 aromatic carbocycles. The van der Waals surface area contributed by atoms with Gasteiger partial charge in [-0.3, -0.25) is 4.79 Å². The lowest BCUT2D eigenvalue weighted by atomic mass is 10.2. The minimum Gasteiger partial charge on any atom is -0.314 e. The van der Waals surface area contributed by atoms with Crippen molar-refractivity contribution in [3.8, 4) is 6.07 Å². The molecule has 0 amide bonds. The Hall–Kier alpha value is -3.20. The molecule has 0 radical (unpaired) electrons. The van der Waals surface area contributed by atoms with Gasteiger partial charge in [0.1, 0.15) is 17.8 Å². The second-order valence-electron chi connectivity index (χ2n) is 4.87. The van der Waals surface area contributed by atoms with Crippen LogP contribution in [0.3, 0.4) is 0 Å². The molecule has 0 aliphatic heterocycles. The van der Waals surface area contributed by atoms with Crippen LogP contribution in [-0.4, -0.2) is 14.0 Å². The number of nitriles is 1. The van der Waals surface area contributed by atoms with E-state index in [4.69, 9.17) is 0 Å². The summed E-state index contributed by atoms with van der Waals surface area (Å²) in [7, 11) is 1.80. The van der Waals surface area contributed by atoms with Crippen molar-refractivity contribution in [1.29, 1.82) is 5.26 Å². The van der Waals surface area contributed by atoms with Crippen LogP contribution in [0.25, 0.3) is 27.8 Å². The molecule has 100 valence electrons. The van der Waals surface area contributed by atoms with Gasteiger partial charge in [-0.05, 0) is 12.1 Å². The number of imidazole rings is 1. The average Bonchev–Trinajstić information content (AvgIpc) is 2.89. The first-order chi connectivity index (χ1) is 10.2. The predicted octanol–water partition coefficient (Wildman–Crippen LogP) is 1.03. The molecule has 0 bridgehead atoms. The predicted molar refractivity (Wildman–Crippen MR) is 76.7 cm³/mol. The maximum atomic E-state index is 12.5. The molecule has 6 heteroatoms. The first kappa shape index (κ1) is 11.6. The molecule has 3 aromatic heterocycles. The molecule has 0 atom stereocenters. The lowest BCUT2D eigenvalue weighted by Crippen LogP contribution is -2.20. The van der Waals surface area contributed by atoms with E-state index in [9.17, 15) is 10.1 Å². The molecule has 0 saturated carbocycles. The molecule has 3 heterocycles. The fourth-order valence-electron chi connectivity index (χ4n) is 2.65. The third-order valence-electron chi connectivity index (χ3n) is 3.63. The van der Waals surface area contributed by atoms with Gasteiger partial charge in [0, 0.05) is 13.2 Å². The summed E-state index contributed by atoms with van der Waals surface area (Å²) >= 11 is 0. The number of nitrogens with zero attached hydrogens (tertiary/aromatic N) is 4. The molecular formula is C15H10N5O+. The molecule has 0 aliphatic carbocycles. The lowest BCUT2D eigenvalue weighted by molar-refractivity contribution is -0.314. The van der Waals surface area contributed by atoms with Crippen LogP contribution in [0, 0.1) is 11.3 Å². The summed E-state index contributed by atoms with van der Waals surface area (Å²) in [6.45, 7) is 0. The Labute approximate surface area is 118 Å². The van der Waals surface area contributed by atoms with Crippen molar-refractivity contribution in [3.63, 3.8) is 0 Å². The van der Waals surface area contributed by atoms with Gasteiger partial charge in [0.15, 0.2) is 11.1 Å². The number of nitrogens with one attached hydrogen (secondary N) is 1. The second-order valence-corrected chi connectivity index (χ2v) is 4.87. The largest absolute Gasteiger partial charge is 0.316 e. The van der Waals surface area contributed by atoms with Gasteiger partial charge in [-0.25, -0.2) is 9.97 Å².